The van der Waals surface area contributed by atoms with Gasteiger partial charge in [0.1, 0.15) is 57.5 Å². The highest BCUT2D eigenvalue weighted by Crippen LogP contribution is 2.37. The van der Waals surface area contributed by atoms with E-state index in [-0.39, 0.29) is 41.7 Å². The number of carbonyl (C=O) groups is 5. The number of ether oxygens (including phenoxy) is 7. The van der Waals surface area contributed by atoms with E-state index in [2.05, 4.69) is 9.47 Å². The van der Waals surface area contributed by atoms with Gasteiger partial charge in [0, 0.05) is 6.07 Å². The highest BCUT2D eigenvalue weighted by atomic mass is 19.2. The third-order valence-corrected chi connectivity index (χ3v) is 6.94. The maximum atomic E-state index is 15.1. The minimum atomic E-state index is -1.41. The molecule has 3 rings (SSSR count). The molecule has 16 heteroatoms. The zero-order valence-electron chi connectivity index (χ0n) is 27.8. The number of nitrogens with zero attached hydrogens (tertiary/aromatic N) is 2. The molecule has 0 saturated carbocycles. The summed E-state index contributed by atoms with van der Waals surface area (Å²) in [5.41, 5.74) is 0.807. The fraction of sp³-hybridized carbons (Fsp3) is 0.324. The summed E-state index contributed by atoms with van der Waals surface area (Å²) >= 11 is 0. The molecule has 0 aliphatic rings. The molecule has 50 heavy (non-hydrogen) atoms. The van der Waals surface area contributed by atoms with E-state index < -0.39 is 74.0 Å². The van der Waals surface area contributed by atoms with Gasteiger partial charge in [-0.15, -0.1) is 0 Å². The predicted molar refractivity (Wildman–Crippen MR) is 172 cm³/mol. The topological polar surface area (TPSA) is 156 Å². The number of methoxy groups -OCH3 is 4. The summed E-state index contributed by atoms with van der Waals surface area (Å²) in [4.78, 5) is 63.3. The second-order valence-electron chi connectivity index (χ2n) is 10.2. The van der Waals surface area contributed by atoms with Crippen LogP contribution < -0.4 is 24.0 Å². The minimum Gasteiger partial charge on any atom is -0.488 e. The fourth-order valence-electron chi connectivity index (χ4n) is 4.42. The molecular formula is C34H36F2N2O12. The largest absolute Gasteiger partial charge is 0.488 e. The Morgan fingerprint density at radius 3 is 1.68 bits per heavy atom. The van der Waals surface area contributed by atoms with E-state index in [1.807, 2.05) is 30.3 Å². The minimum absolute atomic E-state index is 0.0199. The standard InChI is InChI=1S/C34H36F2N2O12/c1-44-29(40)16-37(17-30(41)45-2)25-11-10-24(35)33(36)34(25)49-13-12-48-28-14-23(20-39)27(50-21-22-8-6-5-7-9-22)15-26(28)38(18-31(42)46-3)19-32(43)47-4/h5-11,14-15,20H,12-13,16-19,21H2,1-4H3. The first-order valence-corrected chi connectivity index (χ1v) is 14.9. The van der Waals surface area contributed by atoms with Crippen molar-refractivity contribution in [1.82, 2.24) is 0 Å². The van der Waals surface area contributed by atoms with E-state index in [9.17, 15) is 28.4 Å². The first-order chi connectivity index (χ1) is 24.0. The van der Waals surface area contributed by atoms with Crippen molar-refractivity contribution in [3.63, 3.8) is 0 Å². The van der Waals surface area contributed by atoms with Crippen LogP contribution in [0.2, 0.25) is 0 Å². The van der Waals surface area contributed by atoms with Crippen LogP contribution in [0.15, 0.2) is 54.6 Å². The molecule has 0 saturated heterocycles. The Bertz CT molecular complexity index is 1620. The number of anilines is 2. The van der Waals surface area contributed by atoms with Crippen LogP contribution in [0.4, 0.5) is 20.2 Å². The summed E-state index contributed by atoms with van der Waals surface area (Å²) in [5, 5.41) is 0. The van der Waals surface area contributed by atoms with Crippen molar-refractivity contribution in [3.05, 3.63) is 77.4 Å². The summed E-state index contributed by atoms with van der Waals surface area (Å²) in [6, 6.07) is 13.7. The van der Waals surface area contributed by atoms with Crippen molar-refractivity contribution in [3.8, 4) is 17.2 Å². The van der Waals surface area contributed by atoms with Crippen molar-refractivity contribution in [2.24, 2.45) is 0 Å². The number of halogens is 2. The average molecular weight is 703 g/mol. The SMILES string of the molecule is COC(=O)CN(CC(=O)OC)c1cc(OCc2ccccc2)c(C=O)cc1OCCOc1c(N(CC(=O)OC)CC(=O)OC)ccc(F)c1F. The van der Waals surface area contributed by atoms with E-state index in [0.29, 0.717) is 6.29 Å². The lowest BCUT2D eigenvalue weighted by atomic mass is 10.1. The number of esters is 4. The van der Waals surface area contributed by atoms with Gasteiger partial charge in [0.15, 0.2) is 17.9 Å². The number of hydrogen-bond acceptors (Lipinski definition) is 14. The molecule has 14 nitrogen and oxygen atoms in total. The highest BCUT2D eigenvalue weighted by Gasteiger charge is 2.25. The van der Waals surface area contributed by atoms with Gasteiger partial charge in [0.25, 0.3) is 0 Å². The maximum absolute atomic E-state index is 15.1. The van der Waals surface area contributed by atoms with Gasteiger partial charge in [0.2, 0.25) is 5.82 Å². The fourth-order valence-corrected chi connectivity index (χ4v) is 4.42. The number of benzene rings is 3. The van der Waals surface area contributed by atoms with E-state index >= 15 is 4.39 Å². The Morgan fingerprint density at radius 2 is 1.16 bits per heavy atom. The Balaban J connectivity index is 1.95. The molecule has 0 unspecified atom stereocenters. The second-order valence-corrected chi connectivity index (χ2v) is 10.2. The predicted octanol–water partition coefficient (Wildman–Crippen LogP) is 3.12. The van der Waals surface area contributed by atoms with Crippen LogP contribution in [-0.2, 0) is 44.7 Å². The van der Waals surface area contributed by atoms with Gasteiger partial charge in [-0.2, -0.15) is 4.39 Å². The molecule has 268 valence electrons. The molecule has 0 spiro atoms. The molecule has 0 heterocycles. The Hall–Kier alpha value is -5.93. The van der Waals surface area contributed by atoms with Crippen LogP contribution in [0, 0.1) is 11.6 Å². The van der Waals surface area contributed by atoms with Gasteiger partial charge in [-0.1, -0.05) is 30.3 Å². The summed E-state index contributed by atoms with van der Waals surface area (Å²) in [5.74, 6) is -6.24. The molecule has 0 aromatic heterocycles. The summed E-state index contributed by atoms with van der Waals surface area (Å²) in [6.07, 6.45) is 0.518. The monoisotopic (exact) mass is 702 g/mol. The van der Waals surface area contributed by atoms with E-state index in [0.717, 1.165) is 51.0 Å². The molecule has 0 atom stereocenters. The molecular weight excluding hydrogens is 666 g/mol. The lowest BCUT2D eigenvalue weighted by molar-refractivity contribution is -0.141. The maximum Gasteiger partial charge on any atom is 0.325 e. The van der Waals surface area contributed by atoms with E-state index in [1.165, 1.54) is 17.0 Å². The van der Waals surface area contributed by atoms with Crippen molar-refractivity contribution >= 4 is 41.5 Å². The molecule has 3 aromatic carbocycles. The highest BCUT2D eigenvalue weighted by molar-refractivity contribution is 5.87. The third-order valence-electron chi connectivity index (χ3n) is 6.94. The van der Waals surface area contributed by atoms with Gasteiger partial charge in [-0.25, -0.2) is 4.39 Å². The van der Waals surface area contributed by atoms with Crippen molar-refractivity contribution in [2.75, 3.05) is 77.6 Å². The van der Waals surface area contributed by atoms with Gasteiger partial charge in [-0.3, -0.25) is 24.0 Å². The number of aldehydes is 1. The van der Waals surface area contributed by atoms with Crippen LogP contribution in [0.5, 0.6) is 17.2 Å². The summed E-state index contributed by atoms with van der Waals surface area (Å²) in [7, 11) is 4.55. The molecule has 0 amide bonds. The van der Waals surface area contributed by atoms with Crippen molar-refractivity contribution in [1.29, 1.82) is 0 Å². The smallest absolute Gasteiger partial charge is 0.325 e. The third kappa shape index (κ3) is 10.8. The van der Waals surface area contributed by atoms with Crippen LogP contribution >= 0.6 is 0 Å². The Morgan fingerprint density at radius 1 is 0.640 bits per heavy atom. The Labute approximate surface area is 286 Å². The number of carbonyl (C=O) groups excluding carboxylic acids is 5. The first-order valence-electron chi connectivity index (χ1n) is 14.9. The van der Waals surface area contributed by atoms with Crippen LogP contribution in [0.25, 0.3) is 0 Å². The zero-order chi connectivity index (χ0) is 36.6. The molecule has 0 aliphatic carbocycles. The normalized spacial score (nSPS) is 10.4. The summed E-state index contributed by atoms with van der Waals surface area (Å²) in [6.45, 7) is -2.66. The van der Waals surface area contributed by atoms with Gasteiger partial charge < -0.3 is 43.0 Å². The molecule has 0 aliphatic heterocycles. The quantitative estimate of drug-likeness (QED) is 0.0777. The zero-order valence-corrected chi connectivity index (χ0v) is 27.8. The molecule has 0 fully saturated rings. The van der Waals surface area contributed by atoms with E-state index in [4.69, 9.17) is 23.7 Å². The second kappa shape index (κ2) is 19.2. The number of hydrogen-bond donors (Lipinski definition) is 0. The lowest BCUT2D eigenvalue weighted by Gasteiger charge is -2.26. The average Bonchev–Trinajstić information content (AvgIpc) is 3.13. The van der Waals surface area contributed by atoms with Gasteiger partial charge >= 0.3 is 23.9 Å². The van der Waals surface area contributed by atoms with Gasteiger partial charge in [0.05, 0.1) is 45.4 Å². The van der Waals surface area contributed by atoms with Crippen molar-refractivity contribution < 1.29 is 65.9 Å². The lowest BCUT2D eigenvalue weighted by Crippen LogP contribution is -2.36. The molecule has 0 radical (unpaired) electrons. The molecule has 3 aromatic rings. The molecule has 0 N–H and O–H groups in total. The summed E-state index contributed by atoms with van der Waals surface area (Å²) < 4.78 is 65.7. The van der Waals surface area contributed by atoms with E-state index in [1.54, 1.807) is 0 Å². The Kier molecular flexibility index (Phi) is 14.8. The van der Waals surface area contributed by atoms with Crippen LogP contribution in [0.1, 0.15) is 15.9 Å². The van der Waals surface area contributed by atoms with Crippen molar-refractivity contribution in [2.45, 2.75) is 6.61 Å². The molecule has 0 bridgehead atoms. The van der Waals surface area contributed by atoms with Crippen LogP contribution in [-0.4, -0.2) is 98.0 Å². The van der Waals surface area contributed by atoms with Crippen LogP contribution in [0.3, 0.4) is 0 Å². The first kappa shape index (κ1) is 38.5. The van der Waals surface area contributed by atoms with Gasteiger partial charge in [-0.05, 0) is 23.8 Å². The number of rotatable bonds is 19.